The first kappa shape index (κ1) is 17.9. The van der Waals surface area contributed by atoms with E-state index in [2.05, 4.69) is 33.1 Å². The van der Waals surface area contributed by atoms with Gasteiger partial charge in [-0.25, -0.2) is 5.43 Å². The molecule has 0 bridgehead atoms. The maximum atomic E-state index is 11.7. The second-order valence-corrected chi connectivity index (χ2v) is 5.19. The molecule has 2 aromatic rings. The van der Waals surface area contributed by atoms with E-state index in [4.69, 9.17) is 10.2 Å². The first-order valence-corrected chi connectivity index (χ1v) is 7.20. The number of halogens is 1. The molecule has 0 radical (unpaired) electrons. The topological polar surface area (TPSA) is 102 Å². The fourth-order valence-electron chi connectivity index (χ4n) is 1.47. The number of benzene rings is 2. The third-order valence-electron chi connectivity index (χ3n) is 2.49. The van der Waals surface area contributed by atoms with Gasteiger partial charge in [-0.3, -0.25) is 4.79 Å². The third kappa shape index (κ3) is 5.34. The van der Waals surface area contributed by atoms with E-state index in [0.717, 1.165) is 10.7 Å². The molecule has 22 heavy (non-hydrogen) atoms. The molecule has 0 saturated carbocycles. The van der Waals surface area contributed by atoms with Crippen molar-refractivity contribution in [3.63, 3.8) is 0 Å². The van der Waals surface area contributed by atoms with E-state index in [9.17, 15) is 9.90 Å². The summed E-state index contributed by atoms with van der Waals surface area (Å²) in [4.78, 5) is 11.7. The summed E-state index contributed by atoms with van der Waals surface area (Å²) in [7, 11) is 1.00. The summed E-state index contributed by atoms with van der Waals surface area (Å²) in [5.41, 5.74) is 3.25. The van der Waals surface area contributed by atoms with Crippen molar-refractivity contribution in [3.05, 3.63) is 57.2 Å². The van der Waals surface area contributed by atoms with Gasteiger partial charge in [0.2, 0.25) is 0 Å². The Bertz CT molecular complexity index is 657. The number of carbonyl (C=O) groups excluding carboxylic acids is 1. The number of phenols is 2. The van der Waals surface area contributed by atoms with Crippen molar-refractivity contribution in [2.45, 2.75) is 0 Å². The number of phenolic OH excluding ortho intramolecular Hbond substituents is 2. The second kappa shape index (κ2) is 9.00. The van der Waals surface area contributed by atoms with E-state index in [1.807, 2.05) is 0 Å². The highest BCUT2D eigenvalue weighted by Gasteiger charge is 2.04. The lowest BCUT2D eigenvalue weighted by Crippen LogP contribution is -2.17. The molecule has 2 aromatic carbocycles. The van der Waals surface area contributed by atoms with Crippen molar-refractivity contribution in [2.24, 2.45) is 5.10 Å². The molecule has 6 nitrogen and oxygen atoms in total. The number of aliphatic hydroxyl groups is 1. The summed E-state index contributed by atoms with van der Waals surface area (Å²) >= 11 is 2.12. The van der Waals surface area contributed by atoms with Gasteiger partial charge in [0.15, 0.2) is 0 Å². The number of amides is 1. The maximum absolute atomic E-state index is 11.7. The summed E-state index contributed by atoms with van der Waals surface area (Å²) in [5, 5.41) is 29.5. The van der Waals surface area contributed by atoms with Gasteiger partial charge in [-0.1, -0.05) is 0 Å². The lowest BCUT2D eigenvalue weighted by atomic mass is 10.2. The Kier molecular flexibility index (Phi) is 7.33. The highest BCUT2D eigenvalue weighted by atomic mass is 127. The zero-order valence-electron chi connectivity index (χ0n) is 11.7. The summed E-state index contributed by atoms with van der Waals surface area (Å²) in [5.74, 6) is -0.215. The van der Waals surface area contributed by atoms with Crippen molar-refractivity contribution in [3.8, 4) is 11.5 Å². The number of hydrogen-bond acceptors (Lipinski definition) is 5. The van der Waals surface area contributed by atoms with E-state index in [-0.39, 0.29) is 11.5 Å². The van der Waals surface area contributed by atoms with Crippen molar-refractivity contribution in [2.75, 3.05) is 7.11 Å². The molecule has 0 atom stereocenters. The van der Waals surface area contributed by atoms with E-state index < -0.39 is 5.91 Å². The first-order valence-electron chi connectivity index (χ1n) is 6.12. The Morgan fingerprint density at radius 2 is 1.77 bits per heavy atom. The van der Waals surface area contributed by atoms with Gasteiger partial charge in [0, 0.05) is 21.8 Å². The summed E-state index contributed by atoms with van der Waals surface area (Å²) in [6.07, 6.45) is 1.37. The van der Waals surface area contributed by atoms with Crippen LogP contribution in [0.4, 0.5) is 0 Å². The highest BCUT2D eigenvalue weighted by Crippen LogP contribution is 2.17. The number of carbonyl (C=O) groups is 1. The van der Waals surface area contributed by atoms with Crippen LogP contribution in [0.15, 0.2) is 47.6 Å². The van der Waals surface area contributed by atoms with Crippen LogP contribution in [0, 0.1) is 3.57 Å². The molecule has 7 heteroatoms. The Hall–Kier alpha value is -2.13. The smallest absolute Gasteiger partial charge is 0.271 e. The average molecular weight is 414 g/mol. The molecule has 0 unspecified atom stereocenters. The van der Waals surface area contributed by atoms with E-state index in [0.29, 0.717) is 11.1 Å². The fourth-order valence-corrected chi connectivity index (χ4v) is 1.98. The molecule has 0 aliphatic carbocycles. The van der Waals surface area contributed by atoms with Gasteiger partial charge >= 0.3 is 0 Å². The van der Waals surface area contributed by atoms with Gasteiger partial charge in [0.05, 0.1) is 6.21 Å². The fraction of sp³-hybridized carbons (Fsp3) is 0.0667. The quantitative estimate of drug-likeness (QED) is 0.351. The largest absolute Gasteiger partial charge is 0.508 e. The second-order valence-electron chi connectivity index (χ2n) is 3.95. The van der Waals surface area contributed by atoms with E-state index >= 15 is 0 Å². The van der Waals surface area contributed by atoms with Gasteiger partial charge in [-0.05, 0) is 65.1 Å². The molecule has 0 aliphatic heterocycles. The minimum atomic E-state index is -0.397. The number of hydrazone groups is 1. The molecule has 1 amide bonds. The third-order valence-corrected chi connectivity index (χ3v) is 3.16. The molecular formula is C15H15IN2O4. The summed E-state index contributed by atoms with van der Waals surface area (Å²) in [6.45, 7) is 0. The van der Waals surface area contributed by atoms with Crippen LogP contribution in [0.5, 0.6) is 11.5 Å². The van der Waals surface area contributed by atoms with Gasteiger partial charge < -0.3 is 15.3 Å². The summed E-state index contributed by atoms with van der Waals surface area (Å²) < 4.78 is 0.951. The number of nitrogens with zero attached hydrogens (tertiary/aromatic N) is 1. The van der Waals surface area contributed by atoms with Crippen LogP contribution in [-0.2, 0) is 0 Å². The molecule has 0 spiro atoms. The molecule has 0 heterocycles. The van der Waals surface area contributed by atoms with Crippen LogP contribution in [0.1, 0.15) is 15.9 Å². The molecule has 0 aliphatic rings. The van der Waals surface area contributed by atoms with Crippen LogP contribution in [0.3, 0.4) is 0 Å². The van der Waals surface area contributed by atoms with Gasteiger partial charge in [0.1, 0.15) is 11.5 Å². The minimum Gasteiger partial charge on any atom is -0.508 e. The number of rotatable bonds is 3. The molecule has 4 N–H and O–H groups in total. The highest BCUT2D eigenvalue weighted by molar-refractivity contribution is 14.1. The minimum absolute atomic E-state index is 0.0908. The predicted molar refractivity (Wildman–Crippen MR) is 92.1 cm³/mol. The monoisotopic (exact) mass is 414 g/mol. The van der Waals surface area contributed by atoms with Crippen LogP contribution in [0.25, 0.3) is 0 Å². The lowest BCUT2D eigenvalue weighted by molar-refractivity contribution is 0.0955. The standard InChI is InChI=1S/C14H11IN2O3.CH4O/c15-11-3-6-13(19)10(7-11)8-16-17-14(20)9-1-4-12(18)5-2-9;1-2/h1-8,18-19H,(H,17,20);2H,1H3/b16-8+;. The number of aliphatic hydroxyl groups excluding tert-OH is 1. The zero-order chi connectivity index (χ0) is 16.5. The number of hydrogen-bond donors (Lipinski definition) is 4. The summed E-state index contributed by atoms with van der Waals surface area (Å²) in [6, 6.07) is 10.9. The average Bonchev–Trinajstić information content (AvgIpc) is 2.53. The lowest BCUT2D eigenvalue weighted by Gasteiger charge is -2.01. The van der Waals surface area contributed by atoms with Crippen LogP contribution < -0.4 is 5.43 Å². The Morgan fingerprint density at radius 3 is 2.41 bits per heavy atom. The number of aromatic hydroxyl groups is 2. The molecule has 116 valence electrons. The molecule has 0 saturated heterocycles. The Labute approximate surface area is 141 Å². The Morgan fingerprint density at radius 1 is 1.14 bits per heavy atom. The number of nitrogens with one attached hydrogen (secondary N) is 1. The van der Waals surface area contributed by atoms with Crippen molar-refractivity contribution in [1.29, 1.82) is 0 Å². The normalized spacial score (nSPS) is 9.95. The van der Waals surface area contributed by atoms with Crippen molar-refractivity contribution in [1.82, 2.24) is 5.43 Å². The zero-order valence-corrected chi connectivity index (χ0v) is 13.9. The molecular weight excluding hydrogens is 399 g/mol. The van der Waals surface area contributed by atoms with Gasteiger partial charge in [-0.15, -0.1) is 0 Å². The molecule has 0 aromatic heterocycles. The predicted octanol–water partition coefficient (Wildman–Crippen LogP) is 2.07. The van der Waals surface area contributed by atoms with Crippen molar-refractivity contribution >= 4 is 34.7 Å². The Balaban J connectivity index is 0.00000116. The molecule has 0 fully saturated rings. The van der Waals surface area contributed by atoms with E-state index in [1.165, 1.54) is 30.5 Å². The maximum Gasteiger partial charge on any atom is 0.271 e. The van der Waals surface area contributed by atoms with Gasteiger partial charge in [-0.2, -0.15) is 5.10 Å². The van der Waals surface area contributed by atoms with E-state index in [1.54, 1.807) is 18.2 Å². The van der Waals surface area contributed by atoms with Crippen LogP contribution in [0.2, 0.25) is 0 Å². The first-order chi connectivity index (χ1) is 10.6. The van der Waals surface area contributed by atoms with Crippen molar-refractivity contribution < 1.29 is 20.1 Å². The van der Waals surface area contributed by atoms with Crippen LogP contribution >= 0.6 is 22.6 Å². The SMILES string of the molecule is CO.O=C(N/N=C/c1cc(I)ccc1O)c1ccc(O)cc1. The van der Waals surface area contributed by atoms with Crippen LogP contribution in [-0.4, -0.2) is 34.6 Å². The van der Waals surface area contributed by atoms with Gasteiger partial charge in [0.25, 0.3) is 5.91 Å². The molecule has 2 rings (SSSR count).